The van der Waals surface area contributed by atoms with Gasteiger partial charge in [-0.1, -0.05) is 6.08 Å². The Morgan fingerprint density at radius 2 is 1.71 bits per heavy atom. The molecule has 4 atom stereocenters. The van der Waals surface area contributed by atoms with Gasteiger partial charge in [0, 0.05) is 0 Å². The minimum absolute atomic E-state index is 0.0367. The third kappa shape index (κ3) is 8.55. The minimum atomic E-state index is -4.96. The van der Waals surface area contributed by atoms with Crippen LogP contribution in [0, 0.1) is 5.41 Å². The highest BCUT2D eigenvalue weighted by atomic mass is 31.2. The number of fused-ring (bicyclic) bond motifs is 1. The number of hydrogen-bond donors (Lipinski definition) is 1. The number of halogens is 2. The first-order valence-corrected chi connectivity index (χ1v) is 15.0. The molecule has 45 heavy (non-hydrogen) atoms. The predicted octanol–water partition coefficient (Wildman–Crippen LogP) is 4.73. The molecule has 2 aromatic heterocycles. The van der Waals surface area contributed by atoms with E-state index in [2.05, 4.69) is 31.0 Å². The van der Waals surface area contributed by atoms with Crippen LogP contribution in [-0.2, 0) is 41.8 Å². The van der Waals surface area contributed by atoms with Gasteiger partial charge < -0.3 is 34.2 Å². The summed E-state index contributed by atoms with van der Waals surface area (Å²) in [6.45, 7) is 9.49. The van der Waals surface area contributed by atoms with Gasteiger partial charge >= 0.3 is 20.1 Å². The molecular formula is C25H36F2N5O12P. The van der Waals surface area contributed by atoms with Crippen molar-refractivity contribution in [2.75, 3.05) is 32.5 Å². The van der Waals surface area contributed by atoms with Crippen molar-refractivity contribution in [1.82, 2.24) is 19.5 Å². The maximum Gasteiger partial charge on any atom is 0.510 e. The second-order valence-corrected chi connectivity index (χ2v) is 11.8. The molecule has 0 spiro atoms. The summed E-state index contributed by atoms with van der Waals surface area (Å²) in [5.41, 5.74) is 4.20. The Labute approximate surface area is 256 Å². The van der Waals surface area contributed by atoms with Crippen LogP contribution in [0.2, 0.25) is 0 Å². The van der Waals surface area contributed by atoms with E-state index in [9.17, 15) is 14.2 Å². The number of alkyl halides is 2. The lowest BCUT2D eigenvalue weighted by Gasteiger charge is -2.28. The maximum atomic E-state index is 16.3. The molecule has 0 saturated carbocycles. The molecule has 0 aliphatic carbocycles. The number of imidazole rings is 1. The van der Waals surface area contributed by atoms with Crippen molar-refractivity contribution < 1.29 is 64.9 Å². The molecule has 0 bridgehead atoms. The number of hydrogen-bond acceptors (Lipinski definition) is 16. The third-order valence-electron chi connectivity index (χ3n) is 6.00. The van der Waals surface area contributed by atoms with Crippen LogP contribution in [0.25, 0.3) is 11.2 Å². The van der Waals surface area contributed by atoms with Crippen LogP contribution >= 0.6 is 7.82 Å². The molecule has 1 saturated heterocycles. The molecule has 252 valence electrons. The second kappa shape index (κ2) is 14.6. The first-order chi connectivity index (χ1) is 21.1. The van der Waals surface area contributed by atoms with Crippen molar-refractivity contribution in [1.29, 1.82) is 0 Å². The summed E-state index contributed by atoms with van der Waals surface area (Å²) in [5.74, 6) is -3.48. The smallest absolute Gasteiger partial charge is 0.476 e. The fraction of sp³-hybridized carbons (Fsp3) is 0.640. The number of phosphoric ester groups is 1. The molecule has 2 N–H and O–H groups in total. The number of carbonyl (C=O) groups is 2. The number of carbonyl (C=O) groups excluding carboxylic acids is 2. The first-order valence-electron chi connectivity index (χ1n) is 13.5. The third-order valence-corrected chi connectivity index (χ3v) is 7.29. The first kappa shape index (κ1) is 35.8. The Morgan fingerprint density at radius 1 is 1.13 bits per heavy atom. The topological polar surface area (TPSA) is 204 Å². The van der Waals surface area contributed by atoms with Crippen molar-refractivity contribution >= 4 is 37.2 Å². The summed E-state index contributed by atoms with van der Waals surface area (Å²) >= 11 is 0. The Balaban J connectivity index is 1.84. The van der Waals surface area contributed by atoms with Crippen molar-refractivity contribution in [3.05, 3.63) is 19.0 Å². The minimum Gasteiger partial charge on any atom is -0.476 e. The maximum absolute atomic E-state index is 16.3. The Bertz CT molecular complexity index is 1380. The van der Waals surface area contributed by atoms with Crippen LogP contribution in [0.15, 0.2) is 19.0 Å². The standard InChI is InChI=1S/C25H36F2N5O12P/c1-8-24(7)19(26)25(27,44-20(24)32-11-29-16-17(32)30-21(28)31-18(16)36-9-2)10-39-45(35,40-12-37-22(33)42-14(3)4)41-13-38-23(34)43-15(5)6/h8,11,14-15,19-20H,1,9-10,12-13H2,2-7H3,(H2,28,30,31)/t19-,20+,24+,25+/m0/s1. The summed E-state index contributed by atoms with van der Waals surface area (Å²) in [6.07, 6.45) is -5.19. The molecule has 0 amide bonds. The lowest BCUT2D eigenvalue weighted by molar-refractivity contribution is -0.195. The Morgan fingerprint density at radius 3 is 2.22 bits per heavy atom. The molecule has 3 heterocycles. The van der Waals surface area contributed by atoms with Crippen molar-refractivity contribution in [3.63, 3.8) is 0 Å². The van der Waals surface area contributed by atoms with E-state index in [-0.39, 0.29) is 29.6 Å². The van der Waals surface area contributed by atoms with Crippen molar-refractivity contribution in [2.24, 2.45) is 5.41 Å². The van der Waals surface area contributed by atoms with Crippen LogP contribution in [0.3, 0.4) is 0 Å². The van der Waals surface area contributed by atoms with Gasteiger partial charge in [-0.2, -0.15) is 9.97 Å². The van der Waals surface area contributed by atoms with Crippen LogP contribution in [0.5, 0.6) is 5.88 Å². The van der Waals surface area contributed by atoms with Gasteiger partial charge in [-0.3, -0.25) is 9.09 Å². The molecule has 0 unspecified atom stereocenters. The normalized spacial score (nSPS) is 23.3. The molecule has 1 fully saturated rings. The van der Waals surface area contributed by atoms with E-state index in [1.54, 1.807) is 34.6 Å². The summed E-state index contributed by atoms with van der Waals surface area (Å²) in [4.78, 5) is 35.7. The van der Waals surface area contributed by atoms with Gasteiger partial charge in [0.25, 0.3) is 5.85 Å². The van der Waals surface area contributed by atoms with Crippen LogP contribution in [0.1, 0.15) is 47.8 Å². The predicted molar refractivity (Wildman–Crippen MR) is 149 cm³/mol. The van der Waals surface area contributed by atoms with Crippen molar-refractivity contribution in [2.45, 2.75) is 72.0 Å². The highest BCUT2D eigenvalue weighted by molar-refractivity contribution is 7.48. The van der Waals surface area contributed by atoms with E-state index in [1.165, 1.54) is 17.8 Å². The molecule has 0 aromatic carbocycles. The highest BCUT2D eigenvalue weighted by Crippen LogP contribution is 2.57. The molecule has 0 radical (unpaired) electrons. The molecule has 20 heteroatoms. The van der Waals surface area contributed by atoms with Crippen LogP contribution in [0.4, 0.5) is 24.3 Å². The number of nitrogens with zero attached hydrogens (tertiary/aromatic N) is 4. The van der Waals surface area contributed by atoms with Gasteiger partial charge in [0.15, 0.2) is 23.6 Å². The number of anilines is 1. The van der Waals surface area contributed by atoms with Gasteiger partial charge in [-0.15, -0.1) is 6.58 Å². The number of nitrogens with two attached hydrogens (primary N) is 1. The second-order valence-electron chi connectivity index (χ2n) is 10.2. The fourth-order valence-corrected chi connectivity index (χ4v) is 4.88. The van der Waals surface area contributed by atoms with Crippen molar-refractivity contribution in [3.8, 4) is 5.88 Å². The summed E-state index contributed by atoms with van der Waals surface area (Å²) in [6, 6.07) is 0. The zero-order valence-corrected chi connectivity index (χ0v) is 26.4. The van der Waals surface area contributed by atoms with Gasteiger partial charge in [-0.25, -0.2) is 37.0 Å². The van der Waals surface area contributed by atoms with Gasteiger partial charge in [0.1, 0.15) is 6.61 Å². The number of aromatic nitrogens is 4. The quantitative estimate of drug-likeness (QED) is 0.118. The van der Waals surface area contributed by atoms with E-state index >= 15 is 8.78 Å². The molecule has 1 aliphatic rings. The van der Waals surface area contributed by atoms with Crippen LogP contribution < -0.4 is 10.5 Å². The molecule has 1 aliphatic heterocycles. The van der Waals surface area contributed by atoms with Gasteiger partial charge in [0.05, 0.1) is 30.6 Å². The number of nitrogen functional groups attached to an aromatic ring is 1. The summed E-state index contributed by atoms with van der Waals surface area (Å²) < 4.78 is 91.4. The van der Waals surface area contributed by atoms with E-state index in [0.29, 0.717) is 0 Å². The summed E-state index contributed by atoms with van der Waals surface area (Å²) in [5, 5.41) is 0. The van der Waals surface area contributed by atoms with E-state index in [0.717, 1.165) is 6.08 Å². The monoisotopic (exact) mass is 667 g/mol. The fourth-order valence-electron chi connectivity index (χ4n) is 3.96. The SMILES string of the molecule is C=C[C@@]1(C)[C@H](n2cnc3c(OCC)nc(N)nc32)O[C@](F)(COP(=O)(OCOC(=O)OC(C)C)OCOC(=O)OC(C)C)[C@H]1F. The average molecular weight is 668 g/mol. The van der Waals surface area contributed by atoms with E-state index in [4.69, 9.17) is 38.3 Å². The number of phosphoric acid groups is 1. The number of rotatable bonds is 15. The lowest BCUT2D eigenvalue weighted by Crippen LogP contribution is -2.41. The number of ether oxygens (including phenoxy) is 6. The zero-order chi connectivity index (χ0) is 33.6. The zero-order valence-electron chi connectivity index (χ0n) is 25.5. The largest absolute Gasteiger partial charge is 0.510 e. The molecule has 17 nitrogen and oxygen atoms in total. The van der Waals surface area contributed by atoms with E-state index in [1.807, 2.05) is 0 Å². The van der Waals surface area contributed by atoms with Crippen LogP contribution in [-0.4, -0.2) is 82.9 Å². The Kier molecular flexibility index (Phi) is 11.7. The molecule has 2 aromatic rings. The van der Waals surface area contributed by atoms with Gasteiger partial charge in [-0.05, 0) is 41.5 Å². The van der Waals surface area contributed by atoms with E-state index < -0.39 is 76.2 Å². The Hall–Kier alpha value is -3.64. The molecular weight excluding hydrogens is 631 g/mol. The highest BCUT2D eigenvalue weighted by Gasteiger charge is 2.64. The average Bonchev–Trinajstić information content (AvgIpc) is 3.44. The van der Waals surface area contributed by atoms with Gasteiger partial charge in [0.2, 0.25) is 25.4 Å². The lowest BCUT2D eigenvalue weighted by atomic mass is 9.83. The summed E-state index contributed by atoms with van der Waals surface area (Å²) in [7, 11) is -4.96. The molecule has 3 rings (SSSR count).